The fourth-order valence-electron chi connectivity index (χ4n) is 3.52. The molecule has 20 heavy (non-hydrogen) atoms. The zero-order valence-electron chi connectivity index (χ0n) is 12.7. The average Bonchev–Trinajstić information content (AvgIpc) is 2.48. The van der Waals surface area contributed by atoms with Crippen LogP contribution in [0.4, 0.5) is 0 Å². The number of nitrogens with two attached hydrogens (primary N) is 1. The molecular weight excluding hydrogens is 250 g/mol. The number of benzene rings is 1. The van der Waals surface area contributed by atoms with Crippen molar-refractivity contribution in [1.82, 2.24) is 0 Å². The first kappa shape index (κ1) is 15.3. The summed E-state index contributed by atoms with van der Waals surface area (Å²) in [6.45, 7) is 2.52. The molecule has 1 unspecified atom stereocenters. The predicted molar refractivity (Wildman–Crippen MR) is 81.9 cm³/mol. The van der Waals surface area contributed by atoms with Crippen molar-refractivity contribution in [2.45, 2.75) is 51.0 Å². The van der Waals surface area contributed by atoms with Crippen molar-refractivity contribution in [2.24, 2.45) is 11.1 Å². The van der Waals surface area contributed by atoms with Gasteiger partial charge >= 0.3 is 0 Å². The highest BCUT2D eigenvalue weighted by molar-refractivity contribution is 5.28. The fraction of sp³-hybridized carbons (Fsp3) is 0.647. The van der Waals surface area contributed by atoms with Gasteiger partial charge in [-0.05, 0) is 37.5 Å². The lowest BCUT2D eigenvalue weighted by atomic mass is 9.62. The Morgan fingerprint density at radius 3 is 2.30 bits per heavy atom. The molecule has 0 aromatic heterocycles. The minimum absolute atomic E-state index is 0.134. The summed E-state index contributed by atoms with van der Waals surface area (Å²) in [7, 11) is 1.66. The molecule has 2 rings (SSSR count). The lowest BCUT2D eigenvalue weighted by Crippen LogP contribution is -2.53. The molecule has 1 aromatic carbocycles. The van der Waals surface area contributed by atoms with Crippen molar-refractivity contribution in [1.29, 1.82) is 0 Å². The third-order valence-electron chi connectivity index (χ3n) is 5.05. The van der Waals surface area contributed by atoms with Crippen LogP contribution in [-0.2, 0) is 6.42 Å². The lowest BCUT2D eigenvalue weighted by Gasteiger charge is -2.47. The zero-order valence-corrected chi connectivity index (χ0v) is 12.7. The van der Waals surface area contributed by atoms with E-state index in [1.807, 2.05) is 31.2 Å². The summed E-state index contributed by atoms with van der Waals surface area (Å²) in [6.07, 6.45) is 6.33. The van der Waals surface area contributed by atoms with Gasteiger partial charge in [-0.3, -0.25) is 0 Å². The van der Waals surface area contributed by atoms with Crippen LogP contribution in [0.15, 0.2) is 24.3 Å². The number of hydrogen-bond acceptors (Lipinski definition) is 3. The van der Waals surface area contributed by atoms with Crippen LogP contribution in [0.25, 0.3) is 0 Å². The monoisotopic (exact) mass is 277 g/mol. The standard InChI is InChI=1S/C17H27NO2/c1-16(19,17(13-18)10-4-3-5-11-17)12-14-6-8-15(20-2)9-7-14/h6-9,19H,3-5,10-13,18H2,1-2H3. The van der Waals surface area contributed by atoms with E-state index in [-0.39, 0.29) is 5.41 Å². The molecule has 1 atom stereocenters. The molecule has 0 heterocycles. The Morgan fingerprint density at radius 2 is 1.80 bits per heavy atom. The van der Waals surface area contributed by atoms with E-state index in [0.717, 1.165) is 24.2 Å². The van der Waals surface area contributed by atoms with E-state index in [9.17, 15) is 5.11 Å². The lowest BCUT2D eigenvalue weighted by molar-refractivity contribution is -0.0849. The van der Waals surface area contributed by atoms with Crippen molar-refractivity contribution in [3.63, 3.8) is 0 Å². The van der Waals surface area contributed by atoms with Gasteiger partial charge < -0.3 is 15.6 Å². The summed E-state index contributed by atoms with van der Waals surface area (Å²) in [5.41, 5.74) is 6.29. The van der Waals surface area contributed by atoms with Crippen molar-refractivity contribution < 1.29 is 9.84 Å². The van der Waals surface area contributed by atoms with Gasteiger partial charge in [-0.1, -0.05) is 31.4 Å². The van der Waals surface area contributed by atoms with E-state index >= 15 is 0 Å². The van der Waals surface area contributed by atoms with Crippen LogP contribution in [0.5, 0.6) is 5.75 Å². The normalized spacial score (nSPS) is 21.2. The third-order valence-corrected chi connectivity index (χ3v) is 5.05. The first-order chi connectivity index (χ1) is 9.53. The fourth-order valence-corrected chi connectivity index (χ4v) is 3.52. The molecular formula is C17H27NO2. The van der Waals surface area contributed by atoms with Crippen LogP contribution in [0.3, 0.4) is 0 Å². The summed E-state index contributed by atoms with van der Waals surface area (Å²) in [5, 5.41) is 11.1. The van der Waals surface area contributed by atoms with Gasteiger partial charge in [0.2, 0.25) is 0 Å². The minimum atomic E-state index is -0.753. The van der Waals surface area contributed by atoms with E-state index in [0.29, 0.717) is 13.0 Å². The van der Waals surface area contributed by atoms with Gasteiger partial charge in [-0.15, -0.1) is 0 Å². The molecule has 1 fully saturated rings. The molecule has 3 nitrogen and oxygen atoms in total. The number of methoxy groups -OCH3 is 1. The Labute approximate surface area is 122 Å². The van der Waals surface area contributed by atoms with Crippen LogP contribution in [0.2, 0.25) is 0 Å². The van der Waals surface area contributed by atoms with Gasteiger partial charge in [0.25, 0.3) is 0 Å². The maximum atomic E-state index is 11.1. The van der Waals surface area contributed by atoms with Crippen molar-refractivity contribution >= 4 is 0 Å². The number of aliphatic hydroxyl groups is 1. The molecule has 112 valence electrons. The summed E-state index contributed by atoms with van der Waals surface area (Å²) >= 11 is 0. The predicted octanol–water partition coefficient (Wildman–Crippen LogP) is 2.90. The average molecular weight is 277 g/mol. The molecule has 1 aliphatic carbocycles. The minimum Gasteiger partial charge on any atom is -0.497 e. The van der Waals surface area contributed by atoms with Crippen molar-refractivity contribution in [3.8, 4) is 5.75 Å². The number of rotatable bonds is 5. The summed E-state index contributed by atoms with van der Waals surface area (Å²) in [4.78, 5) is 0. The molecule has 0 saturated heterocycles. The Balaban J connectivity index is 2.15. The van der Waals surface area contributed by atoms with Gasteiger partial charge in [0.05, 0.1) is 12.7 Å². The zero-order chi connectivity index (χ0) is 14.6. The van der Waals surface area contributed by atoms with Gasteiger partial charge in [0.1, 0.15) is 5.75 Å². The first-order valence-electron chi connectivity index (χ1n) is 7.58. The van der Waals surface area contributed by atoms with Crippen LogP contribution in [-0.4, -0.2) is 24.4 Å². The smallest absolute Gasteiger partial charge is 0.118 e. The van der Waals surface area contributed by atoms with E-state index in [1.165, 1.54) is 19.3 Å². The summed E-state index contributed by atoms with van der Waals surface area (Å²) < 4.78 is 5.17. The highest BCUT2D eigenvalue weighted by atomic mass is 16.5. The topological polar surface area (TPSA) is 55.5 Å². The van der Waals surface area contributed by atoms with Crippen LogP contribution in [0.1, 0.15) is 44.6 Å². The highest BCUT2D eigenvalue weighted by Crippen LogP contribution is 2.45. The van der Waals surface area contributed by atoms with Crippen LogP contribution < -0.4 is 10.5 Å². The molecule has 1 saturated carbocycles. The van der Waals surface area contributed by atoms with Gasteiger partial charge in [-0.25, -0.2) is 0 Å². The first-order valence-corrected chi connectivity index (χ1v) is 7.58. The summed E-state index contributed by atoms with van der Waals surface area (Å²) in [5.74, 6) is 0.847. The third kappa shape index (κ3) is 2.99. The molecule has 0 spiro atoms. The van der Waals surface area contributed by atoms with E-state index in [2.05, 4.69) is 0 Å². The largest absolute Gasteiger partial charge is 0.497 e. The van der Waals surface area contributed by atoms with Crippen molar-refractivity contribution in [2.75, 3.05) is 13.7 Å². The maximum absolute atomic E-state index is 11.1. The Hall–Kier alpha value is -1.06. The highest BCUT2D eigenvalue weighted by Gasteiger charge is 2.46. The van der Waals surface area contributed by atoms with Gasteiger partial charge in [0.15, 0.2) is 0 Å². The Kier molecular flexibility index (Phi) is 4.71. The Morgan fingerprint density at radius 1 is 1.20 bits per heavy atom. The molecule has 0 radical (unpaired) electrons. The quantitative estimate of drug-likeness (QED) is 0.870. The summed E-state index contributed by atoms with van der Waals surface area (Å²) in [6, 6.07) is 7.95. The SMILES string of the molecule is COc1ccc(CC(C)(O)C2(CN)CCCCC2)cc1. The Bertz CT molecular complexity index is 419. The van der Waals surface area contributed by atoms with Gasteiger partial charge in [0, 0.05) is 18.4 Å². The number of hydrogen-bond donors (Lipinski definition) is 2. The van der Waals surface area contributed by atoms with Crippen LogP contribution in [0, 0.1) is 5.41 Å². The van der Waals surface area contributed by atoms with Gasteiger partial charge in [-0.2, -0.15) is 0 Å². The molecule has 0 aliphatic heterocycles. The molecule has 0 bridgehead atoms. The molecule has 0 amide bonds. The molecule has 1 aromatic rings. The second kappa shape index (κ2) is 6.15. The van der Waals surface area contributed by atoms with Crippen LogP contribution >= 0.6 is 0 Å². The second-order valence-corrected chi connectivity index (χ2v) is 6.34. The maximum Gasteiger partial charge on any atom is 0.118 e. The molecule has 3 N–H and O–H groups in total. The van der Waals surface area contributed by atoms with Crippen molar-refractivity contribution in [3.05, 3.63) is 29.8 Å². The number of ether oxygens (including phenoxy) is 1. The second-order valence-electron chi connectivity index (χ2n) is 6.34. The molecule has 1 aliphatic rings. The molecule has 3 heteroatoms. The van der Waals surface area contributed by atoms with E-state index in [1.54, 1.807) is 7.11 Å². The van der Waals surface area contributed by atoms with E-state index < -0.39 is 5.60 Å². The van der Waals surface area contributed by atoms with E-state index in [4.69, 9.17) is 10.5 Å².